The zero-order valence-electron chi connectivity index (χ0n) is 18.8. The number of carbonyl (C=O) groups is 1. The quantitative estimate of drug-likeness (QED) is 0.346. The van der Waals surface area contributed by atoms with E-state index >= 15 is 0 Å². The zero-order chi connectivity index (χ0) is 21.7. The molecule has 2 aromatic carbocycles. The van der Waals surface area contributed by atoms with E-state index in [1.165, 1.54) is 16.7 Å². The molecule has 0 spiro atoms. The highest BCUT2D eigenvalue weighted by atomic mass is 16.6. The molecular weight excluding hydrogens is 374 g/mol. The van der Waals surface area contributed by atoms with Gasteiger partial charge in [-0.25, -0.2) is 0 Å². The summed E-state index contributed by atoms with van der Waals surface area (Å²) in [4.78, 5) is 17.4. The van der Waals surface area contributed by atoms with Crippen LogP contribution >= 0.6 is 0 Å². The molecule has 0 saturated heterocycles. The highest BCUT2D eigenvalue weighted by Crippen LogP contribution is 2.30. The molecule has 0 amide bonds. The van der Waals surface area contributed by atoms with Gasteiger partial charge in [-0.3, -0.25) is 4.79 Å². The SMILES string of the molecule is C/C(=N\OCc1ccc(C(C)C)cc1C(C)C)c1ccc(OCC(=O)C2CC2)cc1. The minimum absolute atomic E-state index is 0.161. The van der Waals surface area contributed by atoms with Crippen molar-refractivity contribution in [2.24, 2.45) is 11.1 Å². The molecule has 0 aromatic heterocycles. The third kappa shape index (κ3) is 5.94. The average molecular weight is 408 g/mol. The van der Waals surface area contributed by atoms with Crippen LogP contribution in [0.5, 0.6) is 5.75 Å². The lowest BCUT2D eigenvalue weighted by atomic mass is 9.92. The molecule has 1 aliphatic carbocycles. The fourth-order valence-electron chi connectivity index (χ4n) is 3.36. The van der Waals surface area contributed by atoms with Crippen molar-refractivity contribution in [2.45, 2.75) is 65.9 Å². The molecule has 1 saturated carbocycles. The molecule has 0 aliphatic heterocycles. The van der Waals surface area contributed by atoms with E-state index in [0.717, 1.165) is 24.1 Å². The maximum absolute atomic E-state index is 11.7. The van der Waals surface area contributed by atoms with Gasteiger partial charge in [-0.05, 0) is 78.1 Å². The van der Waals surface area contributed by atoms with E-state index in [2.05, 4.69) is 51.0 Å². The van der Waals surface area contributed by atoms with Crippen molar-refractivity contribution >= 4 is 11.5 Å². The second-order valence-electron chi connectivity index (χ2n) is 8.77. The topological polar surface area (TPSA) is 47.9 Å². The molecule has 3 rings (SSSR count). The summed E-state index contributed by atoms with van der Waals surface area (Å²) in [6.45, 7) is 11.4. The minimum atomic E-state index is 0.161. The first-order valence-electron chi connectivity index (χ1n) is 10.9. The van der Waals surface area contributed by atoms with Gasteiger partial charge in [-0.15, -0.1) is 0 Å². The molecule has 0 unspecified atom stereocenters. The van der Waals surface area contributed by atoms with Crippen LogP contribution in [0.15, 0.2) is 47.6 Å². The molecule has 2 aromatic rings. The number of nitrogens with zero attached hydrogens (tertiary/aromatic N) is 1. The molecule has 1 fully saturated rings. The lowest BCUT2D eigenvalue weighted by Crippen LogP contribution is -2.12. The summed E-state index contributed by atoms with van der Waals surface area (Å²) in [5.41, 5.74) is 5.62. The van der Waals surface area contributed by atoms with E-state index in [-0.39, 0.29) is 18.3 Å². The number of benzene rings is 2. The van der Waals surface area contributed by atoms with Crippen molar-refractivity contribution in [3.05, 3.63) is 64.7 Å². The third-order valence-electron chi connectivity index (χ3n) is 5.57. The number of rotatable bonds is 10. The predicted octanol–water partition coefficient (Wildman–Crippen LogP) is 6.23. The number of hydrogen-bond donors (Lipinski definition) is 0. The number of Topliss-reactive ketones (excluding diaryl/α,β-unsaturated/α-hetero) is 1. The summed E-state index contributed by atoms with van der Waals surface area (Å²) >= 11 is 0. The summed E-state index contributed by atoms with van der Waals surface area (Å²) in [5, 5.41) is 4.30. The van der Waals surface area contributed by atoms with Crippen LogP contribution in [0.4, 0.5) is 0 Å². The van der Waals surface area contributed by atoms with Crippen LogP contribution in [0, 0.1) is 5.92 Å². The van der Waals surface area contributed by atoms with Crippen LogP contribution in [-0.2, 0) is 16.2 Å². The fourth-order valence-corrected chi connectivity index (χ4v) is 3.36. The predicted molar refractivity (Wildman–Crippen MR) is 121 cm³/mol. The first-order chi connectivity index (χ1) is 14.3. The highest BCUT2D eigenvalue weighted by Gasteiger charge is 2.29. The van der Waals surface area contributed by atoms with Gasteiger partial charge in [0.2, 0.25) is 0 Å². The van der Waals surface area contributed by atoms with Gasteiger partial charge in [0.05, 0.1) is 5.71 Å². The first-order valence-corrected chi connectivity index (χ1v) is 10.9. The number of ketones is 1. The highest BCUT2D eigenvalue weighted by molar-refractivity contribution is 5.98. The molecule has 160 valence electrons. The van der Waals surface area contributed by atoms with Gasteiger partial charge in [0.25, 0.3) is 0 Å². The minimum Gasteiger partial charge on any atom is -0.486 e. The molecular formula is C26H33NO3. The van der Waals surface area contributed by atoms with E-state index in [1.807, 2.05) is 31.2 Å². The maximum Gasteiger partial charge on any atom is 0.173 e. The van der Waals surface area contributed by atoms with Crippen LogP contribution in [0.25, 0.3) is 0 Å². The summed E-state index contributed by atoms with van der Waals surface area (Å²) < 4.78 is 5.58. The van der Waals surface area contributed by atoms with Gasteiger partial charge in [0.1, 0.15) is 19.0 Å². The largest absolute Gasteiger partial charge is 0.486 e. The lowest BCUT2D eigenvalue weighted by Gasteiger charge is -2.16. The molecule has 4 nitrogen and oxygen atoms in total. The second kappa shape index (κ2) is 9.92. The Morgan fingerprint density at radius 1 is 1.03 bits per heavy atom. The van der Waals surface area contributed by atoms with Crippen molar-refractivity contribution in [3.63, 3.8) is 0 Å². The van der Waals surface area contributed by atoms with Gasteiger partial charge < -0.3 is 9.57 Å². The normalized spacial score (nSPS) is 14.3. The van der Waals surface area contributed by atoms with Crippen molar-refractivity contribution in [1.29, 1.82) is 0 Å². The molecule has 30 heavy (non-hydrogen) atoms. The van der Waals surface area contributed by atoms with Gasteiger partial charge >= 0.3 is 0 Å². The van der Waals surface area contributed by atoms with Crippen molar-refractivity contribution in [1.82, 2.24) is 0 Å². The van der Waals surface area contributed by atoms with Crippen molar-refractivity contribution in [3.8, 4) is 5.75 Å². The van der Waals surface area contributed by atoms with E-state index in [0.29, 0.717) is 24.2 Å². The fraction of sp³-hybridized carbons (Fsp3) is 0.462. The van der Waals surface area contributed by atoms with Crippen LogP contribution in [0.3, 0.4) is 0 Å². The monoisotopic (exact) mass is 407 g/mol. The van der Waals surface area contributed by atoms with Gasteiger partial charge in [-0.2, -0.15) is 0 Å². The van der Waals surface area contributed by atoms with E-state index in [1.54, 1.807) is 0 Å². The molecule has 0 atom stereocenters. The molecule has 0 N–H and O–H groups in total. The average Bonchev–Trinajstić information content (AvgIpc) is 3.57. The van der Waals surface area contributed by atoms with Crippen LogP contribution in [0.2, 0.25) is 0 Å². The summed E-state index contributed by atoms with van der Waals surface area (Å²) in [6.07, 6.45) is 2.02. The van der Waals surface area contributed by atoms with E-state index in [9.17, 15) is 4.79 Å². The van der Waals surface area contributed by atoms with E-state index < -0.39 is 0 Å². The van der Waals surface area contributed by atoms with Crippen LogP contribution < -0.4 is 4.74 Å². The molecule has 4 heteroatoms. The summed E-state index contributed by atoms with van der Waals surface area (Å²) in [6, 6.07) is 14.2. The van der Waals surface area contributed by atoms with Crippen molar-refractivity contribution < 1.29 is 14.4 Å². The van der Waals surface area contributed by atoms with Gasteiger partial charge in [0, 0.05) is 5.92 Å². The molecule has 0 heterocycles. The Bertz CT molecular complexity index is 893. The summed E-state index contributed by atoms with van der Waals surface area (Å²) in [5.74, 6) is 2.08. The molecule has 1 aliphatic rings. The number of ether oxygens (including phenoxy) is 1. The van der Waals surface area contributed by atoms with E-state index in [4.69, 9.17) is 9.57 Å². The Morgan fingerprint density at radius 2 is 1.73 bits per heavy atom. The Balaban J connectivity index is 1.57. The number of carbonyl (C=O) groups excluding carboxylic acids is 1. The zero-order valence-corrected chi connectivity index (χ0v) is 18.8. The van der Waals surface area contributed by atoms with Crippen LogP contribution in [-0.4, -0.2) is 18.1 Å². The van der Waals surface area contributed by atoms with Crippen molar-refractivity contribution in [2.75, 3.05) is 6.61 Å². The Labute approximate surface area is 180 Å². The summed E-state index contributed by atoms with van der Waals surface area (Å²) in [7, 11) is 0. The lowest BCUT2D eigenvalue weighted by molar-refractivity contribution is -0.122. The van der Waals surface area contributed by atoms with Gasteiger partial charge in [0.15, 0.2) is 5.78 Å². The van der Waals surface area contributed by atoms with Gasteiger partial charge in [-0.1, -0.05) is 51.0 Å². The first kappa shape index (κ1) is 22.1. The number of oxime groups is 1. The molecule has 0 radical (unpaired) electrons. The standard InChI is InChI=1S/C26H33NO3/c1-17(2)22-8-9-23(25(14-22)18(3)4)15-30-27-19(5)20-10-12-24(13-11-20)29-16-26(28)21-6-7-21/h8-14,17-18,21H,6-7,15-16H2,1-5H3/b27-19+. The van der Waals surface area contributed by atoms with Crippen LogP contribution in [0.1, 0.15) is 81.5 Å². The smallest absolute Gasteiger partial charge is 0.173 e. The Hall–Kier alpha value is -2.62. The maximum atomic E-state index is 11.7. The Morgan fingerprint density at radius 3 is 2.33 bits per heavy atom. The number of hydrogen-bond acceptors (Lipinski definition) is 4. The molecule has 0 bridgehead atoms. The third-order valence-corrected chi connectivity index (χ3v) is 5.57. The second-order valence-corrected chi connectivity index (χ2v) is 8.77. The Kier molecular flexibility index (Phi) is 7.30.